The highest BCUT2D eigenvalue weighted by atomic mass is 14.6. The average molecular weight is 409 g/mol. The molecule has 0 aromatic carbocycles. The van der Waals surface area contributed by atoms with Crippen LogP contribution in [0.1, 0.15) is 73.6 Å². The molecule has 2 heteroatoms. The van der Waals surface area contributed by atoms with Crippen LogP contribution in [0, 0.1) is 11.3 Å². The van der Waals surface area contributed by atoms with Gasteiger partial charge in [-0.25, -0.2) is 0 Å². The maximum absolute atomic E-state index is 6.14. The van der Waals surface area contributed by atoms with E-state index in [4.69, 9.17) is 11.5 Å². The molecule has 0 aliphatic carbocycles. The summed E-state index contributed by atoms with van der Waals surface area (Å²) in [4.78, 5) is 0. The van der Waals surface area contributed by atoms with Crippen molar-refractivity contribution in [3.05, 3.63) is 83.0 Å². The van der Waals surface area contributed by atoms with Gasteiger partial charge in [0, 0.05) is 12.0 Å². The minimum Gasteiger partial charge on any atom is -0.396 e. The fourth-order valence-corrected chi connectivity index (χ4v) is 2.99. The second-order valence-electron chi connectivity index (χ2n) is 8.18. The first-order chi connectivity index (χ1) is 14.3. The fraction of sp³-hybridized carbons (Fsp3) is 0.500. The predicted octanol–water partition coefficient (Wildman–Crippen LogP) is 7.29. The van der Waals surface area contributed by atoms with Crippen molar-refractivity contribution < 1.29 is 0 Å². The molecular formula is C28H44N2. The van der Waals surface area contributed by atoms with Gasteiger partial charge >= 0.3 is 0 Å². The van der Waals surface area contributed by atoms with E-state index in [9.17, 15) is 0 Å². The second-order valence-corrected chi connectivity index (χ2v) is 8.18. The van der Waals surface area contributed by atoms with E-state index in [0.717, 1.165) is 43.4 Å². The third-order valence-electron chi connectivity index (χ3n) is 5.28. The van der Waals surface area contributed by atoms with E-state index in [1.54, 1.807) is 0 Å². The van der Waals surface area contributed by atoms with Gasteiger partial charge < -0.3 is 11.5 Å². The topological polar surface area (TPSA) is 52.0 Å². The van der Waals surface area contributed by atoms with Crippen LogP contribution in [0.2, 0.25) is 0 Å². The van der Waals surface area contributed by atoms with Crippen LogP contribution < -0.4 is 11.5 Å². The number of hydrogen-bond donors (Lipinski definition) is 2. The standard InChI is InChI=1S/C28H44N2/c1-7-10-11-12-13-18-26(21-22-27(30)16-8-2)28(5,6)25(20-15-23-29)19-14-17-24(4)9-3/h7,10-12,14-15,17,20-21,26H,8-9,13,16,18,23,29-30H2,1-6H3/b10-7+,12-11-,20-15-,24-17-. The summed E-state index contributed by atoms with van der Waals surface area (Å²) in [6, 6.07) is 0. The Bertz CT molecular complexity index is 729. The van der Waals surface area contributed by atoms with Crippen LogP contribution >= 0.6 is 0 Å². The molecule has 0 fully saturated rings. The SMILES string of the molecule is C/C=C/C=C\CCC(C=C=C(N)CCC)C(C)(C)C(=C=C/C=C(/C)CC)/C=C\CN. The van der Waals surface area contributed by atoms with Crippen molar-refractivity contribution in [2.75, 3.05) is 6.54 Å². The number of hydrogen-bond acceptors (Lipinski definition) is 2. The summed E-state index contributed by atoms with van der Waals surface area (Å²) >= 11 is 0. The minimum atomic E-state index is -0.135. The summed E-state index contributed by atoms with van der Waals surface area (Å²) in [6.45, 7) is 13.5. The van der Waals surface area contributed by atoms with Gasteiger partial charge in [0.15, 0.2) is 0 Å². The molecule has 0 bridgehead atoms. The van der Waals surface area contributed by atoms with E-state index in [1.807, 2.05) is 25.2 Å². The molecule has 2 nitrogen and oxygen atoms in total. The molecule has 0 aliphatic rings. The highest BCUT2D eigenvalue weighted by Crippen LogP contribution is 2.39. The molecule has 30 heavy (non-hydrogen) atoms. The normalized spacial score (nSPS) is 13.5. The van der Waals surface area contributed by atoms with E-state index in [1.165, 1.54) is 5.57 Å². The zero-order chi connectivity index (χ0) is 22.8. The number of rotatable bonds is 13. The fourth-order valence-electron chi connectivity index (χ4n) is 2.99. The second kappa shape index (κ2) is 16.5. The Morgan fingerprint density at radius 2 is 1.83 bits per heavy atom. The van der Waals surface area contributed by atoms with Crippen LogP contribution in [-0.2, 0) is 0 Å². The monoisotopic (exact) mass is 408 g/mol. The molecule has 0 rings (SSSR count). The van der Waals surface area contributed by atoms with Crippen molar-refractivity contribution in [3.8, 4) is 0 Å². The van der Waals surface area contributed by atoms with Crippen molar-refractivity contribution in [3.63, 3.8) is 0 Å². The van der Waals surface area contributed by atoms with Crippen LogP contribution in [0.3, 0.4) is 0 Å². The molecule has 4 N–H and O–H groups in total. The Kier molecular flexibility index (Phi) is 15.3. The molecule has 0 aromatic rings. The zero-order valence-corrected chi connectivity index (χ0v) is 20.2. The smallest absolute Gasteiger partial charge is 0.0508 e. The summed E-state index contributed by atoms with van der Waals surface area (Å²) in [6.07, 6.45) is 23.8. The average Bonchev–Trinajstić information content (AvgIpc) is 2.72. The number of allylic oxidation sites excluding steroid dienone is 9. The van der Waals surface area contributed by atoms with E-state index in [2.05, 4.69) is 82.5 Å². The van der Waals surface area contributed by atoms with Crippen molar-refractivity contribution in [1.29, 1.82) is 0 Å². The van der Waals surface area contributed by atoms with Gasteiger partial charge in [-0.15, -0.1) is 11.5 Å². The van der Waals surface area contributed by atoms with E-state index >= 15 is 0 Å². The van der Waals surface area contributed by atoms with Gasteiger partial charge in [-0.2, -0.15) is 0 Å². The summed E-state index contributed by atoms with van der Waals surface area (Å²) < 4.78 is 0. The van der Waals surface area contributed by atoms with E-state index in [-0.39, 0.29) is 11.3 Å². The Hall–Kier alpha value is -2.24. The van der Waals surface area contributed by atoms with Gasteiger partial charge in [0.2, 0.25) is 0 Å². The van der Waals surface area contributed by atoms with Crippen LogP contribution in [0.25, 0.3) is 0 Å². The molecule has 0 heterocycles. The molecule has 0 saturated carbocycles. The molecule has 1 atom stereocenters. The van der Waals surface area contributed by atoms with Gasteiger partial charge in [0.25, 0.3) is 0 Å². The van der Waals surface area contributed by atoms with Crippen LogP contribution in [0.4, 0.5) is 0 Å². The molecule has 0 radical (unpaired) electrons. The van der Waals surface area contributed by atoms with Gasteiger partial charge in [-0.3, -0.25) is 0 Å². The Morgan fingerprint density at radius 3 is 2.43 bits per heavy atom. The Morgan fingerprint density at radius 1 is 1.10 bits per heavy atom. The third-order valence-corrected chi connectivity index (χ3v) is 5.28. The van der Waals surface area contributed by atoms with Gasteiger partial charge in [-0.05, 0) is 63.2 Å². The van der Waals surface area contributed by atoms with Crippen molar-refractivity contribution in [1.82, 2.24) is 0 Å². The largest absolute Gasteiger partial charge is 0.396 e. The van der Waals surface area contributed by atoms with Gasteiger partial charge in [0.1, 0.15) is 0 Å². The van der Waals surface area contributed by atoms with Crippen molar-refractivity contribution >= 4 is 0 Å². The molecule has 1 unspecified atom stereocenters. The molecule has 0 saturated heterocycles. The zero-order valence-electron chi connectivity index (χ0n) is 20.2. The molecule has 166 valence electrons. The van der Waals surface area contributed by atoms with Gasteiger partial charge in [-0.1, -0.05) is 82.2 Å². The van der Waals surface area contributed by atoms with Crippen LogP contribution in [0.5, 0.6) is 0 Å². The van der Waals surface area contributed by atoms with E-state index in [0.29, 0.717) is 6.54 Å². The first-order valence-corrected chi connectivity index (χ1v) is 11.3. The lowest BCUT2D eigenvalue weighted by Crippen LogP contribution is -2.24. The highest BCUT2D eigenvalue weighted by molar-refractivity contribution is 5.29. The molecular weight excluding hydrogens is 364 g/mol. The minimum absolute atomic E-state index is 0.135. The summed E-state index contributed by atoms with van der Waals surface area (Å²) in [5.74, 6) is 0.276. The maximum atomic E-state index is 6.14. The van der Waals surface area contributed by atoms with Crippen LogP contribution in [0.15, 0.2) is 83.0 Å². The van der Waals surface area contributed by atoms with E-state index < -0.39 is 0 Å². The first-order valence-electron chi connectivity index (χ1n) is 11.3. The lowest BCUT2D eigenvalue weighted by molar-refractivity contribution is 0.312. The maximum Gasteiger partial charge on any atom is 0.0508 e. The molecule has 0 spiro atoms. The third kappa shape index (κ3) is 11.7. The predicted molar refractivity (Wildman–Crippen MR) is 135 cm³/mol. The summed E-state index contributed by atoms with van der Waals surface area (Å²) in [5.41, 5.74) is 21.9. The quantitative estimate of drug-likeness (QED) is 0.248. The lowest BCUT2D eigenvalue weighted by Gasteiger charge is -2.32. The molecule has 0 aliphatic heterocycles. The van der Waals surface area contributed by atoms with Crippen molar-refractivity contribution in [2.45, 2.75) is 73.6 Å². The number of nitrogens with two attached hydrogens (primary N) is 2. The molecule has 0 amide bonds. The van der Waals surface area contributed by atoms with Gasteiger partial charge in [0.05, 0.1) is 5.70 Å². The highest BCUT2D eigenvalue weighted by Gasteiger charge is 2.30. The lowest BCUT2D eigenvalue weighted by atomic mass is 9.71. The first kappa shape index (κ1) is 27.8. The van der Waals surface area contributed by atoms with Crippen LogP contribution in [-0.4, -0.2) is 6.54 Å². The Labute approximate surface area is 186 Å². The Balaban J connectivity index is 6.12. The summed E-state index contributed by atoms with van der Waals surface area (Å²) in [7, 11) is 0. The van der Waals surface area contributed by atoms with Crippen molar-refractivity contribution in [2.24, 2.45) is 22.8 Å². The summed E-state index contributed by atoms with van der Waals surface area (Å²) in [5, 5.41) is 0. The molecule has 0 aromatic heterocycles.